The second kappa shape index (κ2) is 9.25. The normalized spacial score (nSPS) is 15.6. The molecular formula is C21H24BrClN2O3. The molecule has 2 heterocycles. The monoisotopic (exact) mass is 466 g/mol. The number of carboxylic acids is 1. The molecule has 7 heteroatoms. The predicted octanol–water partition coefficient (Wildman–Crippen LogP) is 5.17. The van der Waals surface area contributed by atoms with Crippen molar-refractivity contribution in [1.82, 2.24) is 9.88 Å². The molecule has 3 rings (SSSR count). The summed E-state index contributed by atoms with van der Waals surface area (Å²) in [4.78, 5) is 18.0. The lowest BCUT2D eigenvalue weighted by molar-refractivity contribution is -0.138. The zero-order valence-corrected chi connectivity index (χ0v) is 18.4. The Labute approximate surface area is 178 Å². The molecule has 5 nitrogen and oxygen atoms in total. The van der Waals surface area contributed by atoms with E-state index in [1.807, 2.05) is 24.3 Å². The largest absolute Gasteiger partial charge is 0.481 e. The highest BCUT2D eigenvalue weighted by Crippen LogP contribution is 2.35. The summed E-state index contributed by atoms with van der Waals surface area (Å²) in [6, 6.07) is 7.83. The van der Waals surface area contributed by atoms with Crippen LogP contribution in [0.5, 0.6) is 5.88 Å². The molecule has 0 amide bonds. The van der Waals surface area contributed by atoms with E-state index in [1.54, 1.807) is 7.11 Å². The fraction of sp³-hybridized carbons (Fsp3) is 0.429. The van der Waals surface area contributed by atoms with Gasteiger partial charge in [0.15, 0.2) is 0 Å². The van der Waals surface area contributed by atoms with Gasteiger partial charge in [-0.2, -0.15) is 0 Å². The number of hydrogen-bond donors (Lipinski definition) is 1. The first-order chi connectivity index (χ1) is 13.4. The number of carbonyl (C=O) groups is 1. The molecule has 1 aromatic carbocycles. The molecule has 1 N–H and O–H groups in total. The summed E-state index contributed by atoms with van der Waals surface area (Å²) in [6.07, 6.45) is 2.08. The SMILES string of the molecule is COc1nc(-c2cccc(Br)c2Cl)cc(C)c1CN1CCC(CC(=O)O)CC1. The van der Waals surface area contributed by atoms with Gasteiger partial charge in [0, 0.05) is 28.6 Å². The summed E-state index contributed by atoms with van der Waals surface area (Å²) in [5, 5.41) is 9.61. The fourth-order valence-electron chi connectivity index (χ4n) is 3.69. The van der Waals surface area contributed by atoms with Crippen molar-refractivity contribution in [3.63, 3.8) is 0 Å². The summed E-state index contributed by atoms with van der Waals surface area (Å²) in [5.41, 5.74) is 3.81. The van der Waals surface area contributed by atoms with Crippen LogP contribution in [0.4, 0.5) is 0 Å². The number of aryl methyl sites for hydroxylation is 1. The Morgan fingerprint density at radius 1 is 1.39 bits per heavy atom. The Morgan fingerprint density at radius 2 is 2.11 bits per heavy atom. The lowest BCUT2D eigenvalue weighted by Gasteiger charge is -2.32. The van der Waals surface area contributed by atoms with Gasteiger partial charge in [0.1, 0.15) is 0 Å². The van der Waals surface area contributed by atoms with Gasteiger partial charge in [-0.15, -0.1) is 0 Å². The van der Waals surface area contributed by atoms with Crippen LogP contribution >= 0.6 is 27.5 Å². The summed E-state index contributed by atoms with van der Waals surface area (Å²) < 4.78 is 6.44. The maximum absolute atomic E-state index is 10.9. The average Bonchev–Trinajstić information content (AvgIpc) is 2.66. The van der Waals surface area contributed by atoms with Crippen LogP contribution in [0.15, 0.2) is 28.7 Å². The van der Waals surface area contributed by atoms with Gasteiger partial charge in [-0.3, -0.25) is 9.69 Å². The minimum atomic E-state index is -0.707. The molecule has 150 valence electrons. The van der Waals surface area contributed by atoms with Crippen molar-refractivity contribution in [2.75, 3.05) is 20.2 Å². The molecule has 0 aliphatic carbocycles. The van der Waals surface area contributed by atoms with Crippen LogP contribution < -0.4 is 4.74 Å². The number of carboxylic acid groups (broad SMARTS) is 1. The number of aromatic nitrogens is 1. The van der Waals surface area contributed by atoms with E-state index in [4.69, 9.17) is 26.4 Å². The van der Waals surface area contributed by atoms with E-state index in [9.17, 15) is 4.79 Å². The molecule has 0 unspecified atom stereocenters. The second-order valence-corrected chi connectivity index (χ2v) is 8.46. The minimum Gasteiger partial charge on any atom is -0.481 e. The number of methoxy groups -OCH3 is 1. The van der Waals surface area contributed by atoms with Crippen molar-refractivity contribution in [2.45, 2.75) is 32.7 Å². The van der Waals surface area contributed by atoms with E-state index >= 15 is 0 Å². The molecule has 2 aromatic rings. The molecule has 1 aliphatic rings. The number of nitrogens with zero attached hydrogens (tertiary/aromatic N) is 2. The highest BCUT2D eigenvalue weighted by molar-refractivity contribution is 9.10. The Balaban J connectivity index is 1.79. The van der Waals surface area contributed by atoms with Gasteiger partial charge < -0.3 is 9.84 Å². The second-order valence-electron chi connectivity index (χ2n) is 7.23. The summed E-state index contributed by atoms with van der Waals surface area (Å²) >= 11 is 9.91. The molecule has 0 atom stereocenters. The number of benzene rings is 1. The molecule has 1 saturated heterocycles. The topological polar surface area (TPSA) is 62.7 Å². The predicted molar refractivity (Wildman–Crippen MR) is 114 cm³/mol. The van der Waals surface area contributed by atoms with Gasteiger partial charge >= 0.3 is 5.97 Å². The number of halogens is 2. The van der Waals surface area contributed by atoms with Crippen molar-refractivity contribution >= 4 is 33.5 Å². The molecule has 0 bridgehead atoms. The van der Waals surface area contributed by atoms with Crippen molar-refractivity contribution in [3.05, 3.63) is 44.9 Å². The van der Waals surface area contributed by atoms with E-state index in [0.717, 1.165) is 59.3 Å². The maximum atomic E-state index is 10.9. The molecular weight excluding hydrogens is 444 g/mol. The van der Waals surface area contributed by atoms with Gasteiger partial charge in [-0.05, 0) is 72.4 Å². The summed E-state index contributed by atoms with van der Waals surface area (Å²) in [5.74, 6) is 0.177. The van der Waals surface area contributed by atoms with E-state index in [0.29, 0.717) is 10.9 Å². The van der Waals surface area contributed by atoms with E-state index in [1.165, 1.54) is 0 Å². The molecule has 0 saturated carbocycles. The number of hydrogen-bond acceptors (Lipinski definition) is 4. The summed E-state index contributed by atoms with van der Waals surface area (Å²) in [6.45, 7) is 4.58. The number of piperidine rings is 1. The molecule has 28 heavy (non-hydrogen) atoms. The highest BCUT2D eigenvalue weighted by atomic mass is 79.9. The van der Waals surface area contributed by atoms with Gasteiger partial charge in [0.05, 0.1) is 17.8 Å². The first-order valence-electron chi connectivity index (χ1n) is 9.32. The van der Waals surface area contributed by atoms with Crippen LogP contribution in [-0.2, 0) is 11.3 Å². The lowest BCUT2D eigenvalue weighted by Crippen LogP contribution is -2.34. The van der Waals surface area contributed by atoms with Crippen LogP contribution in [0.2, 0.25) is 5.02 Å². The van der Waals surface area contributed by atoms with Gasteiger partial charge in [0.25, 0.3) is 0 Å². The van der Waals surface area contributed by atoms with E-state index in [2.05, 4.69) is 27.8 Å². The van der Waals surface area contributed by atoms with Crippen LogP contribution in [0.1, 0.15) is 30.4 Å². The zero-order chi connectivity index (χ0) is 20.3. The first-order valence-corrected chi connectivity index (χ1v) is 10.5. The standard InChI is InChI=1S/C21H24BrClN2O3/c1-13-10-18(15-4-3-5-17(22)20(15)23)24-21(28-2)16(13)12-25-8-6-14(7-9-25)11-19(26)27/h3-5,10,14H,6-9,11-12H2,1-2H3,(H,26,27). The third kappa shape index (κ3) is 4.85. The van der Waals surface area contributed by atoms with Gasteiger partial charge in [-0.1, -0.05) is 23.7 Å². The smallest absolute Gasteiger partial charge is 0.303 e. The quantitative estimate of drug-likeness (QED) is 0.635. The third-order valence-electron chi connectivity index (χ3n) is 5.28. The van der Waals surface area contributed by atoms with Crippen LogP contribution in [0.25, 0.3) is 11.3 Å². The Hall–Kier alpha value is -1.63. The molecule has 0 radical (unpaired) electrons. The fourth-order valence-corrected chi connectivity index (χ4v) is 4.28. The number of aliphatic carboxylic acids is 1. The number of ether oxygens (including phenoxy) is 1. The molecule has 1 aromatic heterocycles. The lowest BCUT2D eigenvalue weighted by atomic mass is 9.93. The average molecular weight is 468 g/mol. The van der Waals surface area contributed by atoms with Gasteiger partial charge in [0.2, 0.25) is 5.88 Å². The zero-order valence-electron chi connectivity index (χ0n) is 16.0. The number of pyridine rings is 1. The summed E-state index contributed by atoms with van der Waals surface area (Å²) in [7, 11) is 1.64. The van der Waals surface area contributed by atoms with Crippen LogP contribution in [0, 0.1) is 12.8 Å². The molecule has 0 spiro atoms. The van der Waals surface area contributed by atoms with E-state index in [-0.39, 0.29) is 12.3 Å². The van der Waals surface area contributed by atoms with Crippen LogP contribution in [-0.4, -0.2) is 41.2 Å². The van der Waals surface area contributed by atoms with E-state index < -0.39 is 5.97 Å². The molecule has 1 aliphatic heterocycles. The number of likely N-dealkylation sites (tertiary alicyclic amines) is 1. The van der Waals surface area contributed by atoms with Crippen molar-refractivity contribution in [1.29, 1.82) is 0 Å². The third-order valence-corrected chi connectivity index (χ3v) is 6.58. The highest BCUT2D eigenvalue weighted by Gasteiger charge is 2.23. The Bertz CT molecular complexity index is 867. The van der Waals surface area contributed by atoms with Crippen molar-refractivity contribution in [3.8, 4) is 17.1 Å². The Morgan fingerprint density at radius 3 is 2.75 bits per heavy atom. The Kier molecular flexibility index (Phi) is 6.96. The van der Waals surface area contributed by atoms with Crippen LogP contribution in [0.3, 0.4) is 0 Å². The maximum Gasteiger partial charge on any atom is 0.303 e. The minimum absolute atomic E-state index is 0.264. The first kappa shape index (κ1) is 21.1. The number of rotatable bonds is 6. The van der Waals surface area contributed by atoms with Gasteiger partial charge in [-0.25, -0.2) is 4.98 Å². The molecule has 1 fully saturated rings. The van der Waals surface area contributed by atoms with Crippen molar-refractivity contribution in [2.24, 2.45) is 5.92 Å². The van der Waals surface area contributed by atoms with Crippen molar-refractivity contribution < 1.29 is 14.6 Å².